The van der Waals surface area contributed by atoms with Crippen LogP contribution in [-0.4, -0.2) is 28.2 Å². The second-order valence-corrected chi connectivity index (χ2v) is 6.53. The number of ether oxygens (including phenoxy) is 1. The molecule has 0 aliphatic heterocycles. The Balaban J connectivity index is 1.81. The van der Waals surface area contributed by atoms with Gasteiger partial charge in [-0.1, -0.05) is 0 Å². The SMILES string of the molecule is O=C(Oc1cnc(NC(C2CC2)C(F)(F)F)cc1C(F)F)c1nccs1. The van der Waals surface area contributed by atoms with Crippen LogP contribution in [0.2, 0.25) is 0 Å². The third-order valence-corrected chi connectivity index (χ3v) is 4.44. The lowest BCUT2D eigenvalue weighted by atomic mass is 10.1. The zero-order valence-electron chi connectivity index (χ0n) is 13.0. The number of esters is 1. The zero-order valence-corrected chi connectivity index (χ0v) is 13.8. The molecule has 1 saturated carbocycles. The number of hydrogen-bond acceptors (Lipinski definition) is 6. The standard InChI is InChI=1S/C15H12F5N3O2S/c16-12(17)8-5-10(23-11(7-1-2-7)15(18,19)20)22-6-9(8)25-14(24)13-21-3-4-26-13/h3-7,11-12H,1-2H2,(H,22,23). The van der Waals surface area contributed by atoms with E-state index in [-0.39, 0.29) is 10.8 Å². The number of pyridine rings is 1. The predicted molar refractivity (Wildman–Crippen MR) is 82.5 cm³/mol. The summed E-state index contributed by atoms with van der Waals surface area (Å²) in [4.78, 5) is 19.2. The lowest BCUT2D eigenvalue weighted by Gasteiger charge is -2.22. The second kappa shape index (κ2) is 7.14. The highest BCUT2D eigenvalue weighted by atomic mass is 32.1. The lowest BCUT2D eigenvalue weighted by molar-refractivity contribution is -0.146. The van der Waals surface area contributed by atoms with E-state index in [9.17, 15) is 26.7 Å². The van der Waals surface area contributed by atoms with E-state index in [0.29, 0.717) is 12.8 Å². The van der Waals surface area contributed by atoms with Gasteiger partial charge in [-0.25, -0.2) is 23.5 Å². The van der Waals surface area contributed by atoms with Crippen LogP contribution in [0, 0.1) is 5.92 Å². The molecule has 26 heavy (non-hydrogen) atoms. The number of aromatic nitrogens is 2. The monoisotopic (exact) mass is 393 g/mol. The first kappa shape index (κ1) is 18.5. The quantitative estimate of drug-likeness (QED) is 0.580. The summed E-state index contributed by atoms with van der Waals surface area (Å²) in [5.41, 5.74) is -0.732. The van der Waals surface area contributed by atoms with Crippen molar-refractivity contribution in [1.29, 1.82) is 0 Å². The van der Waals surface area contributed by atoms with Crippen LogP contribution in [0.3, 0.4) is 0 Å². The van der Waals surface area contributed by atoms with Crippen molar-refractivity contribution in [3.63, 3.8) is 0 Å². The first-order chi connectivity index (χ1) is 12.3. The Labute approximate surface area is 148 Å². The molecule has 140 valence electrons. The number of anilines is 1. The summed E-state index contributed by atoms with van der Waals surface area (Å²) in [5.74, 6) is -2.44. The van der Waals surface area contributed by atoms with Crippen LogP contribution in [0.4, 0.5) is 27.8 Å². The molecule has 3 rings (SSSR count). The molecule has 0 spiro atoms. The van der Waals surface area contributed by atoms with Gasteiger partial charge in [-0.15, -0.1) is 11.3 Å². The van der Waals surface area contributed by atoms with Crippen LogP contribution in [0.5, 0.6) is 5.75 Å². The van der Waals surface area contributed by atoms with E-state index < -0.39 is 41.8 Å². The van der Waals surface area contributed by atoms with Gasteiger partial charge in [0, 0.05) is 11.6 Å². The van der Waals surface area contributed by atoms with Crippen LogP contribution in [0.15, 0.2) is 23.8 Å². The Morgan fingerprint density at radius 3 is 2.58 bits per heavy atom. The Bertz CT molecular complexity index is 778. The van der Waals surface area contributed by atoms with E-state index in [1.54, 1.807) is 0 Å². The number of thiazole rings is 1. The number of nitrogens with one attached hydrogen (secondary N) is 1. The summed E-state index contributed by atoms with van der Waals surface area (Å²) in [6.07, 6.45) is -4.64. The van der Waals surface area contributed by atoms with E-state index in [2.05, 4.69) is 15.3 Å². The normalized spacial score (nSPS) is 15.8. The molecule has 1 aliphatic carbocycles. The number of carbonyl (C=O) groups excluding carboxylic acids is 1. The van der Waals surface area contributed by atoms with Crippen molar-refractivity contribution in [3.05, 3.63) is 34.4 Å². The van der Waals surface area contributed by atoms with Gasteiger partial charge in [-0.2, -0.15) is 13.2 Å². The van der Waals surface area contributed by atoms with Gasteiger partial charge in [0.15, 0.2) is 5.75 Å². The molecular formula is C15H12F5N3O2S. The summed E-state index contributed by atoms with van der Waals surface area (Å²) in [5, 5.41) is 3.63. The van der Waals surface area contributed by atoms with Gasteiger partial charge in [0.25, 0.3) is 6.43 Å². The van der Waals surface area contributed by atoms with Crippen molar-refractivity contribution < 1.29 is 31.5 Å². The summed E-state index contributed by atoms with van der Waals surface area (Å²) in [6.45, 7) is 0. The molecule has 0 radical (unpaired) electrons. The van der Waals surface area contributed by atoms with Crippen LogP contribution in [-0.2, 0) is 0 Å². The smallest absolute Gasteiger partial charge is 0.408 e. The van der Waals surface area contributed by atoms with E-state index in [1.165, 1.54) is 11.6 Å². The first-order valence-electron chi connectivity index (χ1n) is 7.48. The average Bonchev–Trinajstić information content (AvgIpc) is 3.24. The number of rotatable bonds is 6. The molecule has 2 heterocycles. The van der Waals surface area contributed by atoms with E-state index >= 15 is 0 Å². The van der Waals surface area contributed by atoms with Crippen molar-refractivity contribution in [1.82, 2.24) is 9.97 Å². The molecule has 1 N–H and O–H groups in total. The van der Waals surface area contributed by atoms with Gasteiger partial charge in [0.05, 0.1) is 11.8 Å². The Morgan fingerprint density at radius 2 is 2.04 bits per heavy atom. The number of hydrogen-bond donors (Lipinski definition) is 1. The fraction of sp³-hybridized carbons (Fsp3) is 0.400. The fourth-order valence-corrected chi connectivity index (χ4v) is 2.83. The largest absolute Gasteiger partial charge is 0.419 e. The minimum absolute atomic E-state index is 0.0433. The van der Waals surface area contributed by atoms with Gasteiger partial charge in [-0.05, 0) is 24.8 Å². The number of nitrogens with zero attached hydrogens (tertiary/aromatic N) is 2. The van der Waals surface area contributed by atoms with Crippen molar-refractivity contribution in [2.75, 3.05) is 5.32 Å². The maximum absolute atomic E-state index is 13.3. The molecule has 0 saturated heterocycles. The number of alkyl halides is 5. The van der Waals surface area contributed by atoms with Crippen molar-refractivity contribution in [2.45, 2.75) is 31.5 Å². The van der Waals surface area contributed by atoms with Gasteiger partial charge in [0.1, 0.15) is 11.9 Å². The molecule has 1 aliphatic rings. The van der Waals surface area contributed by atoms with Crippen LogP contribution >= 0.6 is 11.3 Å². The maximum Gasteiger partial charge on any atom is 0.408 e. The Morgan fingerprint density at radius 1 is 1.31 bits per heavy atom. The van der Waals surface area contributed by atoms with Gasteiger partial charge in [-0.3, -0.25) is 0 Å². The molecule has 0 aromatic carbocycles. The molecule has 2 aromatic heterocycles. The fourth-order valence-electron chi connectivity index (χ4n) is 2.32. The summed E-state index contributed by atoms with van der Waals surface area (Å²) >= 11 is 0.958. The third kappa shape index (κ3) is 4.26. The van der Waals surface area contributed by atoms with Crippen molar-refractivity contribution in [3.8, 4) is 5.75 Å². The van der Waals surface area contributed by atoms with Gasteiger partial charge < -0.3 is 10.1 Å². The number of carbonyl (C=O) groups is 1. The highest BCUT2D eigenvalue weighted by Gasteiger charge is 2.49. The van der Waals surface area contributed by atoms with E-state index in [4.69, 9.17) is 4.74 Å². The average molecular weight is 393 g/mol. The van der Waals surface area contributed by atoms with Crippen LogP contribution in [0.25, 0.3) is 0 Å². The molecule has 1 unspecified atom stereocenters. The molecule has 1 fully saturated rings. The molecular weight excluding hydrogens is 381 g/mol. The minimum Gasteiger partial charge on any atom is -0.419 e. The van der Waals surface area contributed by atoms with Crippen LogP contribution in [0.1, 0.15) is 34.6 Å². The highest BCUT2D eigenvalue weighted by Crippen LogP contribution is 2.42. The molecule has 0 bridgehead atoms. The third-order valence-electron chi connectivity index (χ3n) is 3.69. The van der Waals surface area contributed by atoms with Crippen LogP contribution < -0.4 is 10.1 Å². The highest BCUT2D eigenvalue weighted by molar-refractivity contribution is 7.11. The molecule has 2 aromatic rings. The summed E-state index contributed by atoms with van der Waals surface area (Å²) < 4.78 is 70.5. The number of halogens is 5. The maximum atomic E-state index is 13.3. The molecule has 1 atom stereocenters. The summed E-state index contributed by atoms with van der Waals surface area (Å²) in [6, 6.07) is -1.10. The minimum atomic E-state index is -4.52. The van der Waals surface area contributed by atoms with E-state index in [0.717, 1.165) is 23.6 Å². The Hall–Kier alpha value is -2.30. The van der Waals surface area contributed by atoms with Gasteiger partial charge in [0.2, 0.25) is 5.01 Å². The first-order valence-corrected chi connectivity index (χ1v) is 8.36. The molecule has 0 amide bonds. The molecule has 11 heteroatoms. The van der Waals surface area contributed by atoms with Gasteiger partial charge >= 0.3 is 12.1 Å². The topological polar surface area (TPSA) is 64.1 Å². The zero-order chi connectivity index (χ0) is 18.9. The Kier molecular flexibility index (Phi) is 5.08. The summed E-state index contributed by atoms with van der Waals surface area (Å²) in [7, 11) is 0. The second-order valence-electron chi connectivity index (χ2n) is 5.64. The predicted octanol–water partition coefficient (Wildman–Crippen LogP) is 4.45. The van der Waals surface area contributed by atoms with Crippen molar-refractivity contribution >= 4 is 23.1 Å². The van der Waals surface area contributed by atoms with Crippen molar-refractivity contribution in [2.24, 2.45) is 5.92 Å². The lowest BCUT2D eigenvalue weighted by Crippen LogP contribution is -2.38. The van der Waals surface area contributed by atoms with E-state index in [1.807, 2.05) is 0 Å². The molecule has 5 nitrogen and oxygen atoms in total.